The zero-order valence-corrected chi connectivity index (χ0v) is 12.6. The van der Waals surface area contributed by atoms with Crippen LogP contribution in [0, 0.1) is 0 Å². The van der Waals surface area contributed by atoms with E-state index in [0.29, 0.717) is 12.6 Å². The van der Waals surface area contributed by atoms with Crippen molar-refractivity contribution in [2.45, 2.75) is 57.5 Å². The molecule has 0 amide bonds. The lowest BCUT2D eigenvalue weighted by Crippen LogP contribution is -2.46. The van der Waals surface area contributed by atoms with Gasteiger partial charge in [-0.25, -0.2) is 0 Å². The number of hydrogen-bond donors (Lipinski definition) is 2. The number of nitrogens with zero attached hydrogens (tertiary/aromatic N) is 1. The Morgan fingerprint density at radius 3 is 2.22 bits per heavy atom. The van der Waals surface area contributed by atoms with Gasteiger partial charge in [-0.1, -0.05) is 13.3 Å². The number of rotatable bonds is 7. The molecule has 108 valence electrons. The zero-order valence-electron chi connectivity index (χ0n) is 11.8. The second-order valence-electron chi connectivity index (χ2n) is 5.14. The minimum atomic E-state index is -3.29. The van der Waals surface area contributed by atoms with Crippen molar-refractivity contribution in [2.75, 3.05) is 20.6 Å². The van der Waals surface area contributed by atoms with E-state index in [4.69, 9.17) is 0 Å². The quantitative estimate of drug-likeness (QED) is 0.732. The third-order valence-corrected chi connectivity index (χ3v) is 5.32. The Morgan fingerprint density at radius 1 is 1.17 bits per heavy atom. The van der Waals surface area contributed by atoms with Gasteiger partial charge in [0, 0.05) is 25.7 Å². The maximum absolute atomic E-state index is 12.1. The highest BCUT2D eigenvalue weighted by atomic mass is 32.2. The molecule has 0 aromatic carbocycles. The lowest BCUT2D eigenvalue weighted by molar-refractivity contribution is 0.335. The van der Waals surface area contributed by atoms with E-state index in [1.807, 2.05) is 7.05 Å². The van der Waals surface area contributed by atoms with E-state index >= 15 is 0 Å². The summed E-state index contributed by atoms with van der Waals surface area (Å²) in [6.45, 7) is 2.66. The van der Waals surface area contributed by atoms with Crippen molar-refractivity contribution in [1.29, 1.82) is 0 Å². The van der Waals surface area contributed by atoms with Crippen LogP contribution in [0.15, 0.2) is 0 Å². The van der Waals surface area contributed by atoms with Crippen molar-refractivity contribution >= 4 is 10.2 Å². The topological polar surface area (TPSA) is 61.4 Å². The molecule has 0 aliphatic heterocycles. The monoisotopic (exact) mass is 277 g/mol. The Hall–Kier alpha value is -0.170. The molecule has 1 rings (SSSR count). The summed E-state index contributed by atoms with van der Waals surface area (Å²) in [6, 6.07) is 0.646. The number of nitrogens with one attached hydrogen (secondary N) is 2. The Labute approximate surface area is 112 Å². The van der Waals surface area contributed by atoms with Gasteiger partial charge in [0.15, 0.2) is 0 Å². The van der Waals surface area contributed by atoms with Crippen LogP contribution in [-0.2, 0) is 10.2 Å². The molecule has 2 N–H and O–H groups in total. The van der Waals surface area contributed by atoms with Crippen LogP contribution in [-0.4, -0.2) is 45.4 Å². The lowest BCUT2D eigenvalue weighted by atomic mass is 9.92. The Bertz CT molecular complexity index is 324. The third kappa shape index (κ3) is 4.84. The Morgan fingerprint density at radius 2 is 1.72 bits per heavy atom. The van der Waals surface area contributed by atoms with Crippen LogP contribution in [0.25, 0.3) is 0 Å². The molecule has 1 fully saturated rings. The fraction of sp³-hybridized carbons (Fsp3) is 1.00. The molecule has 0 radical (unpaired) electrons. The fourth-order valence-corrected chi connectivity index (χ4v) is 3.51. The largest absolute Gasteiger partial charge is 0.317 e. The van der Waals surface area contributed by atoms with E-state index in [9.17, 15) is 8.42 Å². The highest BCUT2D eigenvalue weighted by Crippen LogP contribution is 2.19. The van der Waals surface area contributed by atoms with Crippen LogP contribution < -0.4 is 10.0 Å². The van der Waals surface area contributed by atoms with Crippen LogP contribution >= 0.6 is 0 Å². The van der Waals surface area contributed by atoms with Crippen LogP contribution in [0.3, 0.4) is 0 Å². The lowest BCUT2D eigenvalue weighted by Gasteiger charge is -2.30. The normalized spacial score (nSPS) is 25.6. The van der Waals surface area contributed by atoms with E-state index in [0.717, 1.165) is 38.5 Å². The second-order valence-corrected chi connectivity index (χ2v) is 6.94. The van der Waals surface area contributed by atoms with Crippen LogP contribution in [0.2, 0.25) is 0 Å². The number of hydrogen-bond acceptors (Lipinski definition) is 3. The zero-order chi connectivity index (χ0) is 13.6. The molecule has 0 heterocycles. The van der Waals surface area contributed by atoms with Gasteiger partial charge in [-0.3, -0.25) is 0 Å². The highest BCUT2D eigenvalue weighted by Gasteiger charge is 2.26. The molecule has 0 saturated heterocycles. The maximum Gasteiger partial charge on any atom is 0.279 e. The summed E-state index contributed by atoms with van der Waals surface area (Å²) in [7, 11) is 0.323. The third-order valence-electron chi connectivity index (χ3n) is 3.69. The van der Waals surface area contributed by atoms with Gasteiger partial charge in [0.2, 0.25) is 0 Å². The molecule has 0 unspecified atom stereocenters. The van der Waals surface area contributed by atoms with Gasteiger partial charge < -0.3 is 5.32 Å². The molecule has 5 nitrogen and oxygen atoms in total. The van der Waals surface area contributed by atoms with Crippen LogP contribution in [0.5, 0.6) is 0 Å². The molecule has 18 heavy (non-hydrogen) atoms. The fourth-order valence-electron chi connectivity index (χ4n) is 2.30. The Balaban J connectivity index is 2.41. The smallest absolute Gasteiger partial charge is 0.279 e. The van der Waals surface area contributed by atoms with Gasteiger partial charge in [-0.05, 0) is 39.2 Å². The van der Waals surface area contributed by atoms with Gasteiger partial charge in [-0.2, -0.15) is 17.4 Å². The molecule has 0 atom stereocenters. The summed E-state index contributed by atoms with van der Waals surface area (Å²) in [5, 5.41) is 3.25. The summed E-state index contributed by atoms with van der Waals surface area (Å²) in [4.78, 5) is 0. The van der Waals surface area contributed by atoms with Gasteiger partial charge in [0.05, 0.1) is 0 Å². The molecule has 0 spiro atoms. The summed E-state index contributed by atoms with van der Waals surface area (Å²) in [5.41, 5.74) is 0. The van der Waals surface area contributed by atoms with E-state index in [-0.39, 0.29) is 6.04 Å². The standard InChI is InChI=1S/C12H27N3O2S/c1-4-5-10-15(3)18(16,17)14-12-8-6-11(13-2)7-9-12/h11-14H,4-10H2,1-3H3. The summed E-state index contributed by atoms with van der Waals surface area (Å²) >= 11 is 0. The summed E-state index contributed by atoms with van der Waals surface area (Å²) in [5.74, 6) is 0. The predicted molar refractivity (Wildman–Crippen MR) is 74.7 cm³/mol. The first kappa shape index (κ1) is 15.9. The van der Waals surface area contributed by atoms with E-state index in [1.165, 1.54) is 4.31 Å². The molecule has 6 heteroatoms. The van der Waals surface area contributed by atoms with Crippen molar-refractivity contribution in [1.82, 2.24) is 14.3 Å². The van der Waals surface area contributed by atoms with Gasteiger partial charge in [0.25, 0.3) is 10.2 Å². The summed E-state index contributed by atoms with van der Waals surface area (Å²) < 4.78 is 28.4. The van der Waals surface area contributed by atoms with E-state index in [2.05, 4.69) is 17.0 Å². The van der Waals surface area contributed by atoms with Crippen molar-refractivity contribution in [2.24, 2.45) is 0 Å². The first-order valence-electron chi connectivity index (χ1n) is 6.90. The van der Waals surface area contributed by atoms with Gasteiger partial charge in [-0.15, -0.1) is 0 Å². The van der Waals surface area contributed by atoms with Crippen molar-refractivity contribution < 1.29 is 8.42 Å². The average molecular weight is 277 g/mol. The second kappa shape index (κ2) is 7.43. The molecule has 1 saturated carbocycles. The molecule has 1 aliphatic carbocycles. The minimum absolute atomic E-state index is 0.101. The van der Waals surface area contributed by atoms with Crippen LogP contribution in [0.4, 0.5) is 0 Å². The summed E-state index contributed by atoms with van der Waals surface area (Å²) in [6.07, 6.45) is 5.85. The molecular weight excluding hydrogens is 250 g/mol. The van der Waals surface area contributed by atoms with Gasteiger partial charge in [0.1, 0.15) is 0 Å². The highest BCUT2D eigenvalue weighted by molar-refractivity contribution is 7.87. The Kier molecular flexibility index (Phi) is 6.55. The molecule has 0 bridgehead atoms. The first-order valence-corrected chi connectivity index (χ1v) is 8.34. The first-order chi connectivity index (χ1) is 8.49. The van der Waals surface area contributed by atoms with E-state index < -0.39 is 10.2 Å². The van der Waals surface area contributed by atoms with Crippen molar-refractivity contribution in [3.63, 3.8) is 0 Å². The molecular formula is C12H27N3O2S. The molecule has 0 aromatic rings. The van der Waals surface area contributed by atoms with Crippen molar-refractivity contribution in [3.8, 4) is 0 Å². The molecule has 0 aromatic heterocycles. The SMILES string of the molecule is CCCCN(C)S(=O)(=O)NC1CCC(NC)CC1. The molecule has 1 aliphatic rings. The van der Waals surface area contributed by atoms with Crippen LogP contribution in [0.1, 0.15) is 45.4 Å². The average Bonchev–Trinajstić information content (AvgIpc) is 2.36. The van der Waals surface area contributed by atoms with E-state index in [1.54, 1.807) is 7.05 Å². The predicted octanol–water partition coefficient (Wildman–Crippen LogP) is 1.08. The van der Waals surface area contributed by atoms with Crippen molar-refractivity contribution in [3.05, 3.63) is 0 Å². The minimum Gasteiger partial charge on any atom is -0.317 e. The number of unbranched alkanes of at least 4 members (excludes halogenated alkanes) is 1. The maximum atomic E-state index is 12.1. The van der Waals surface area contributed by atoms with Gasteiger partial charge >= 0.3 is 0 Å².